The normalized spacial score (nSPS) is 15.3. The minimum Gasteiger partial charge on any atom is -0.495 e. The fourth-order valence-electron chi connectivity index (χ4n) is 4.13. The number of hydrogen-bond donors (Lipinski definition) is 1. The zero-order valence-corrected chi connectivity index (χ0v) is 19.1. The SMILES string of the molecule is COc1ccc(Cl)cc1NC(=O)[C@H](C)N1CCN(c2ccc([N+](=O)[O-])c3cnccc23)CC1. The average Bonchev–Trinajstić information content (AvgIpc) is 2.83. The molecule has 1 aliphatic rings. The number of rotatable bonds is 6. The summed E-state index contributed by atoms with van der Waals surface area (Å²) in [6.07, 6.45) is 3.17. The summed E-state index contributed by atoms with van der Waals surface area (Å²) >= 11 is 6.06. The summed E-state index contributed by atoms with van der Waals surface area (Å²) in [5, 5.41) is 16.1. The molecule has 1 aromatic heterocycles. The summed E-state index contributed by atoms with van der Waals surface area (Å²) in [6.45, 7) is 4.59. The average molecular weight is 470 g/mol. The van der Waals surface area contributed by atoms with Gasteiger partial charge in [0.25, 0.3) is 5.69 Å². The standard InChI is InChI=1S/C23H24ClN5O4/c1-15(23(30)26-19-13-16(24)3-6-22(19)33-2)27-9-11-28(12-10-27)20-4-5-21(29(31)32)18-14-25-8-7-17(18)20/h3-8,13-15H,9-12H2,1-2H3,(H,26,30)/t15-/m0/s1. The summed E-state index contributed by atoms with van der Waals surface area (Å²) in [5.74, 6) is 0.403. The van der Waals surface area contributed by atoms with Crippen molar-refractivity contribution < 1.29 is 14.5 Å². The number of pyridine rings is 1. The number of nitro groups is 1. The third kappa shape index (κ3) is 4.69. The fraction of sp³-hybridized carbons (Fsp3) is 0.304. The van der Waals surface area contributed by atoms with E-state index in [1.54, 1.807) is 43.6 Å². The first-order valence-corrected chi connectivity index (χ1v) is 10.9. The molecule has 1 fully saturated rings. The van der Waals surface area contributed by atoms with Gasteiger partial charge in [-0.2, -0.15) is 0 Å². The molecule has 10 heteroatoms. The van der Waals surface area contributed by atoms with Crippen LogP contribution in [0.3, 0.4) is 0 Å². The van der Waals surface area contributed by atoms with Crippen LogP contribution in [0.25, 0.3) is 10.8 Å². The zero-order chi connectivity index (χ0) is 23.5. The van der Waals surface area contributed by atoms with Crippen molar-refractivity contribution in [3.63, 3.8) is 0 Å². The lowest BCUT2D eigenvalue weighted by atomic mass is 10.1. The van der Waals surface area contributed by atoms with E-state index < -0.39 is 0 Å². The lowest BCUT2D eigenvalue weighted by Gasteiger charge is -2.39. The number of halogens is 1. The molecule has 1 saturated heterocycles. The van der Waals surface area contributed by atoms with E-state index in [0.717, 1.165) is 11.1 Å². The summed E-state index contributed by atoms with van der Waals surface area (Å²) in [7, 11) is 1.54. The van der Waals surface area contributed by atoms with Gasteiger partial charge in [-0.15, -0.1) is 0 Å². The molecule has 33 heavy (non-hydrogen) atoms. The number of benzene rings is 2. The van der Waals surface area contributed by atoms with Crippen molar-refractivity contribution in [2.24, 2.45) is 0 Å². The van der Waals surface area contributed by atoms with Crippen LogP contribution in [-0.4, -0.2) is 60.0 Å². The van der Waals surface area contributed by atoms with Gasteiger partial charge in [-0.25, -0.2) is 0 Å². The summed E-state index contributed by atoms with van der Waals surface area (Å²) in [6, 6.07) is 9.85. The number of carbonyl (C=O) groups excluding carboxylic acids is 1. The number of nitrogens with one attached hydrogen (secondary N) is 1. The Kier molecular flexibility index (Phi) is 6.62. The van der Waals surface area contributed by atoms with Crippen LogP contribution in [-0.2, 0) is 4.79 Å². The van der Waals surface area contributed by atoms with Crippen molar-refractivity contribution >= 4 is 45.3 Å². The third-order valence-corrected chi connectivity index (χ3v) is 6.21. The molecule has 0 unspecified atom stereocenters. The Hall–Kier alpha value is -3.43. The van der Waals surface area contributed by atoms with Gasteiger partial charge in [0.15, 0.2) is 0 Å². The molecular weight excluding hydrogens is 446 g/mol. The van der Waals surface area contributed by atoms with Crippen molar-refractivity contribution in [3.8, 4) is 5.75 Å². The number of amides is 1. The number of anilines is 2. The van der Waals surface area contributed by atoms with Gasteiger partial charge in [-0.05, 0) is 37.3 Å². The first-order valence-electron chi connectivity index (χ1n) is 10.5. The van der Waals surface area contributed by atoms with E-state index in [1.807, 2.05) is 6.92 Å². The van der Waals surface area contributed by atoms with E-state index in [9.17, 15) is 14.9 Å². The molecule has 0 aliphatic carbocycles. The largest absolute Gasteiger partial charge is 0.495 e. The van der Waals surface area contributed by atoms with Crippen LogP contribution in [0.15, 0.2) is 48.8 Å². The molecule has 172 valence electrons. The molecule has 0 radical (unpaired) electrons. The highest BCUT2D eigenvalue weighted by Gasteiger charge is 2.27. The second kappa shape index (κ2) is 9.60. The molecule has 2 aromatic carbocycles. The van der Waals surface area contributed by atoms with Gasteiger partial charge in [-0.1, -0.05) is 11.6 Å². The van der Waals surface area contributed by atoms with Crippen LogP contribution in [0.5, 0.6) is 5.75 Å². The number of carbonyl (C=O) groups is 1. The number of piperazine rings is 1. The molecule has 2 heterocycles. The first kappa shape index (κ1) is 22.8. The Morgan fingerprint density at radius 1 is 1.18 bits per heavy atom. The molecule has 1 aliphatic heterocycles. The predicted octanol–water partition coefficient (Wildman–Crippen LogP) is 3.95. The van der Waals surface area contributed by atoms with Crippen LogP contribution in [0.2, 0.25) is 5.02 Å². The number of fused-ring (bicyclic) bond motifs is 1. The van der Waals surface area contributed by atoms with Crippen LogP contribution in [0.1, 0.15) is 6.92 Å². The molecule has 0 bridgehead atoms. The third-order valence-electron chi connectivity index (χ3n) is 5.97. The number of nitro benzene ring substituents is 1. The van der Waals surface area contributed by atoms with E-state index in [2.05, 4.69) is 20.1 Å². The smallest absolute Gasteiger partial charge is 0.278 e. The predicted molar refractivity (Wildman–Crippen MR) is 128 cm³/mol. The van der Waals surface area contributed by atoms with E-state index >= 15 is 0 Å². The van der Waals surface area contributed by atoms with E-state index in [-0.39, 0.29) is 22.6 Å². The Balaban J connectivity index is 1.45. The van der Waals surface area contributed by atoms with Gasteiger partial charge in [0.2, 0.25) is 5.91 Å². The van der Waals surface area contributed by atoms with Crippen molar-refractivity contribution in [2.45, 2.75) is 13.0 Å². The molecule has 0 saturated carbocycles. The molecule has 1 atom stereocenters. The van der Waals surface area contributed by atoms with Crippen molar-refractivity contribution in [3.05, 3.63) is 63.9 Å². The van der Waals surface area contributed by atoms with Crippen molar-refractivity contribution in [1.82, 2.24) is 9.88 Å². The Morgan fingerprint density at radius 3 is 2.64 bits per heavy atom. The molecule has 3 aromatic rings. The molecule has 4 rings (SSSR count). The highest BCUT2D eigenvalue weighted by molar-refractivity contribution is 6.31. The summed E-state index contributed by atoms with van der Waals surface area (Å²) in [5.41, 5.74) is 1.51. The number of nitrogens with zero attached hydrogens (tertiary/aromatic N) is 4. The van der Waals surface area contributed by atoms with Crippen molar-refractivity contribution in [2.75, 3.05) is 43.5 Å². The molecule has 9 nitrogen and oxygen atoms in total. The Labute approximate surface area is 196 Å². The quantitative estimate of drug-likeness (QED) is 0.430. The van der Waals surface area contributed by atoms with Crippen LogP contribution >= 0.6 is 11.6 Å². The summed E-state index contributed by atoms with van der Waals surface area (Å²) < 4.78 is 5.31. The number of hydrogen-bond acceptors (Lipinski definition) is 7. The maximum absolute atomic E-state index is 12.9. The lowest BCUT2D eigenvalue weighted by molar-refractivity contribution is -0.383. The van der Waals surface area contributed by atoms with Crippen LogP contribution in [0.4, 0.5) is 17.1 Å². The highest BCUT2D eigenvalue weighted by Crippen LogP contribution is 2.33. The Morgan fingerprint density at radius 2 is 1.94 bits per heavy atom. The lowest BCUT2D eigenvalue weighted by Crippen LogP contribution is -2.52. The number of aromatic nitrogens is 1. The minimum atomic E-state index is -0.388. The monoisotopic (exact) mass is 469 g/mol. The van der Waals surface area contributed by atoms with Crippen LogP contribution in [0, 0.1) is 10.1 Å². The maximum atomic E-state index is 12.9. The van der Waals surface area contributed by atoms with E-state index in [0.29, 0.717) is 48.0 Å². The second-order valence-corrected chi connectivity index (χ2v) is 8.25. The highest BCUT2D eigenvalue weighted by atomic mass is 35.5. The van der Waals surface area contributed by atoms with E-state index in [1.165, 1.54) is 12.3 Å². The topological polar surface area (TPSA) is 101 Å². The first-order chi connectivity index (χ1) is 15.9. The molecule has 0 spiro atoms. The van der Waals surface area contributed by atoms with Gasteiger partial charge >= 0.3 is 0 Å². The van der Waals surface area contributed by atoms with Gasteiger partial charge in [0, 0.05) is 60.7 Å². The minimum absolute atomic E-state index is 0.0437. The van der Waals surface area contributed by atoms with Crippen LogP contribution < -0.4 is 15.0 Å². The Bertz CT molecular complexity index is 1200. The van der Waals surface area contributed by atoms with Gasteiger partial charge in [0.1, 0.15) is 5.75 Å². The van der Waals surface area contributed by atoms with Crippen molar-refractivity contribution in [1.29, 1.82) is 0 Å². The summed E-state index contributed by atoms with van der Waals surface area (Å²) in [4.78, 5) is 32.2. The second-order valence-electron chi connectivity index (χ2n) is 7.82. The van der Waals surface area contributed by atoms with Gasteiger partial charge in [-0.3, -0.25) is 24.8 Å². The van der Waals surface area contributed by atoms with Gasteiger partial charge < -0.3 is 15.0 Å². The zero-order valence-electron chi connectivity index (χ0n) is 18.3. The van der Waals surface area contributed by atoms with E-state index in [4.69, 9.17) is 16.3 Å². The maximum Gasteiger partial charge on any atom is 0.278 e. The molecule has 1 amide bonds. The van der Waals surface area contributed by atoms with Gasteiger partial charge in [0.05, 0.1) is 29.1 Å². The number of methoxy groups -OCH3 is 1. The molecular formula is C23H24ClN5O4. The molecule has 1 N–H and O–H groups in total. The fourth-order valence-corrected chi connectivity index (χ4v) is 4.30. The number of non-ortho nitro benzene ring substituents is 1. The number of ether oxygens (including phenoxy) is 1.